The van der Waals surface area contributed by atoms with Crippen LogP contribution < -0.4 is 22.9 Å². The molecule has 20 rings (SSSR count). The molecule has 5 aromatic carbocycles. The molecule has 23 nitrogen and oxygen atoms in total. The Bertz CT molecular complexity index is 5690. The van der Waals surface area contributed by atoms with E-state index in [1.807, 2.05) is 110 Å². The molecule has 8 spiro atoms. The van der Waals surface area contributed by atoms with Crippen LogP contribution in [0.1, 0.15) is 264 Å². The highest BCUT2D eigenvalue weighted by atomic mass is 79.9. The maximum atomic E-state index is 14.5. The zero-order valence-electron chi connectivity index (χ0n) is 74.1. The highest BCUT2D eigenvalue weighted by Crippen LogP contribution is 2.68. The van der Waals surface area contributed by atoms with Crippen LogP contribution in [-0.2, 0) is 76.5 Å². The highest BCUT2D eigenvalue weighted by molar-refractivity contribution is 9.10. The van der Waals surface area contributed by atoms with Gasteiger partial charge in [-0.25, -0.2) is 20.0 Å². The largest absolute Gasteiger partial charge is 0.381 e. The summed E-state index contributed by atoms with van der Waals surface area (Å²) in [7, 11) is 3.54. The number of carbonyl (C=O) groups is 4. The van der Waals surface area contributed by atoms with Crippen LogP contribution in [0.15, 0.2) is 163 Å². The summed E-state index contributed by atoms with van der Waals surface area (Å²) in [4.78, 5) is 83.9. The van der Waals surface area contributed by atoms with Crippen LogP contribution in [0.4, 0.5) is 0 Å². The molecule has 125 heavy (non-hydrogen) atoms. The van der Waals surface area contributed by atoms with Crippen LogP contribution >= 0.6 is 31.9 Å². The number of aliphatic imine (C=N–C) groups is 4. The number of hydrogen-bond acceptors (Lipinski definition) is 19. The van der Waals surface area contributed by atoms with Crippen LogP contribution in [0.25, 0.3) is 11.1 Å². The third kappa shape index (κ3) is 14.1. The van der Waals surface area contributed by atoms with E-state index in [0.29, 0.717) is 46.6 Å². The smallest absolute Gasteiger partial charge is 0.263 e. The zero-order chi connectivity index (χ0) is 88.5. The van der Waals surface area contributed by atoms with Gasteiger partial charge in [-0.1, -0.05) is 126 Å². The van der Waals surface area contributed by atoms with Crippen molar-refractivity contribution in [3.05, 3.63) is 210 Å². The van der Waals surface area contributed by atoms with E-state index in [2.05, 4.69) is 151 Å². The van der Waals surface area contributed by atoms with Gasteiger partial charge in [-0.05, 0) is 317 Å². The summed E-state index contributed by atoms with van der Waals surface area (Å²) in [5, 5.41) is 25.8. The van der Waals surface area contributed by atoms with Crippen LogP contribution in [0.3, 0.4) is 0 Å². The van der Waals surface area contributed by atoms with Gasteiger partial charge in [0.05, 0.1) is 47.3 Å². The number of hydrogen-bond donors (Lipinski definition) is 4. The summed E-state index contributed by atoms with van der Waals surface area (Å²) in [5.41, 5.74) is 33.9. The Labute approximate surface area is 751 Å². The third-order valence-electron chi connectivity index (χ3n) is 30.7. The van der Waals surface area contributed by atoms with Gasteiger partial charge in [-0.2, -0.15) is 25.7 Å². The Balaban J connectivity index is 0.000000118. The topological polar surface area (TPSA) is 329 Å². The first-order valence-electron chi connectivity index (χ1n) is 44.9. The van der Waals surface area contributed by atoms with Crippen molar-refractivity contribution in [2.75, 3.05) is 14.2 Å². The minimum absolute atomic E-state index is 0.0173. The average Bonchev–Trinajstić information content (AvgIpc) is 1.57. The first-order chi connectivity index (χ1) is 59.6. The fourth-order valence-electron chi connectivity index (χ4n) is 23.9. The van der Waals surface area contributed by atoms with Crippen LogP contribution in [0.5, 0.6) is 0 Å². The van der Waals surface area contributed by atoms with E-state index in [-0.39, 0.29) is 87.0 Å². The summed E-state index contributed by atoms with van der Waals surface area (Å²) in [6.07, 6.45) is 25.1. The number of carbonyl (C=O) groups excluding carboxylic acids is 4. The number of nitrogens with two attached hydrogens (primary N) is 4. The molecule has 5 saturated carbocycles. The summed E-state index contributed by atoms with van der Waals surface area (Å²) in [6, 6.07) is 41.8. The quantitative estimate of drug-likeness (QED) is 0.108. The standard InChI is InChI=1S/C28H31N5O2.C28H32N4O.C23H26BrN5O2.C21H28BrN3O/c1-18(24-4-3-15-30-32-24)33-25(34)28(31-26(33)29)23-16-20(8-7-19-5-6-19)9-10-21(23)17-27(28)13-11-22(35-2)12-14-27;1-18-10-12-27(13-11-18)16-22-9-8-21(20-7-5-6-19(14-20)17-29)15-23(22)28(27)24(33)32(25(30)31-28)26(2,3)4;1-14(19-4-3-11-26-28-19)29-20(30)23(27-21(29)25)18-12-16(24)6-5-15(18)13-22(23)9-7-17(31-2)8-10-22;1-13-7-9-20(10-8-13)12-14-5-6-15(22)11-16(14)21(20)17(26)25(18(23)24-21)19(2,3)4/h3-4,9-10,15-16,18-19,22H,5-6,11-14,17H2,1-2H3,(H2,29,31);5-9,14-15,18H,10-13,16H2,1-4H3,(H2,30,31);3-6,11-12,14,17H,7-10,13H2,1-2H3,(H2,25,27);5-6,11,13H,7-10,12H2,1-4H3,(H2,23,24). The summed E-state index contributed by atoms with van der Waals surface area (Å²) >= 11 is 7.20. The molecule has 6 unspecified atom stereocenters. The Kier molecular flexibility index (Phi) is 22.5. The molecule has 13 aliphatic rings. The molecule has 0 radical (unpaired) electrons. The molecule has 5 fully saturated rings. The molecular formula is C100H117Br2N17O6. The number of methoxy groups -OCH3 is 2. The van der Waals surface area contributed by atoms with E-state index in [4.69, 9.17) is 52.4 Å². The van der Waals surface area contributed by atoms with Gasteiger partial charge in [0, 0.05) is 79.8 Å². The van der Waals surface area contributed by atoms with E-state index in [0.717, 1.165) is 176 Å². The molecule has 2 aromatic heterocycles. The van der Waals surface area contributed by atoms with Gasteiger partial charge in [0.25, 0.3) is 23.6 Å². The molecule has 4 amide bonds. The van der Waals surface area contributed by atoms with Gasteiger partial charge in [-0.3, -0.25) is 38.8 Å². The van der Waals surface area contributed by atoms with Crippen LogP contribution in [-0.4, -0.2) is 125 Å². The number of fused-ring (bicyclic) bond motifs is 12. The normalized spacial score (nSPS) is 30.7. The number of nitrogens with zero attached hydrogens (tertiary/aromatic N) is 13. The summed E-state index contributed by atoms with van der Waals surface area (Å²) in [6.45, 7) is 20.6. The van der Waals surface area contributed by atoms with E-state index in [1.54, 1.807) is 46.2 Å². The van der Waals surface area contributed by atoms with Crippen molar-refractivity contribution in [1.82, 2.24) is 40.0 Å². The summed E-state index contributed by atoms with van der Waals surface area (Å²) < 4.78 is 13.2. The van der Waals surface area contributed by atoms with E-state index in [9.17, 15) is 24.4 Å². The average molecular weight is 1810 g/mol. The first kappa shape index (κ1) is 87.0. The Morgan fingerprint density at radius 2 is 0.808 bits per heavy atom. The molecule has 6 heterocycles. The molecule has 4 aliphatic heterocycles. The van der Waals surface area contributed by atoms with Crippen molar-refractivity contribution in [3.63, 3.8) is 0 Å². The molecule has 0 saturated heterocycles. The maximum Gasteiger partial charge on any atom is 0.263 e. The Hall–Kier alpha value is -10.1. The number of aromatic nitrogens is 4. The predicted molar refractivity (Wildman–Crippen MR) is 490 cm³/mol. The van der Waals surface area contributed by atoms with Gasteiger partial charge in [-0.15, -0.1) is 0 Å². The number of amides is 4. The molecule has 6 atom stereocenters. The number of rotatable bonds is 7. The van der Waals surface area contributed by atoms with Gasteiger partial charge >= 0.3 is 0 Å². The van der Waals surface area contributed by atoms with Gasteiger partial charge in [0.1, 0.15) is 0 Å². The second kappa shape index (κ2) is 32.4. The van der Waals surface area contributed by atoms with E-state index >= 15 is 0 Å². The van der Waals surface area contributed by atoms with Crippen molar-refractivity contribution in [3.8, 4) is 29.0 Å². The lowest BCUT2D eigenvalue weighted by molar-refractivity contribution is -0.141. The predicted octanol–water partition coefficient (Wildman–Crippen LogP) is 16.4. The lowest BCUT2D eigenvalue weighted by Gasteiger charge is -2.46. The number of halogens is 2. The second-order valence-corrected chi connectivity index (χ2v) is 41.8. The first-order valence-corrected chi connectivity index (χ1v) is 46.5. The second-order valence-electron chi connectivity index (χ2n) is 40.0. The molecule has 7 aromatic rings. The van der Waals surface area contributed by atoms with E-state index in [1.165, 1.54) is 35.1 Å². The lowest BCUT2D eigenvalue weighted by atomic mass is 9.60. The zero-order valence-corrected chi connectivity index (χ0v) is 77.3. The van der Waals surface area contributed by atoms with Gasteiger partial charge < -0.3 is 32.4 Å². The van der Waals surface area contributed by atoms with Crippen LogP contribution in [0, 0.1) is 62.6 Å². The monoisotopic (exact) mass is 1810 g/mol. The maximum absolute atomic E-state index is 14.5. The highest BCUT2D eigenvalue weighted by Gasteiger charge is 2.72. The minimum atomic E-state index is -1.04. The molecular weight excluding hydrogens is 1700 g/mol. The lowest BCUT2D eigenvalue weighted by Crippen LogP contribution is -2.56. The summed E-state index contributed by atoms with van der Waals surface area (Å²) in [5.74, 6) is 9.76. The van der Waals surface area contributed by atoms with E-state index < -0.39 is 27.7 Å². The number of ether oxygens (including phenoxy) is 2. The van der Waals surface area contributed by atoms with Crippen molar-refractivity contribution < 1.29 is 28.7 Å². The minimum Gasteiger partial charge on any atom is -0.381 e. The number of guanidine groups is 4. The van der Waals surface area contributed by atoms with Crippen LogP contribution in [0.2, 0.25) is 0 Å². The molecule has 9 aliphatic carbocycles. The fourth-order valence-corrected chi connectivity index (χ4v) is 24.7. The van der Waals surface area contributed by atoms with Gasteiger partial charge in [0.2, 0.25) is 0 Å². The molecule has 652 valence electrons. The molecule has 25 heteroatoms. The van der Waals surface area contributed by atoms with Crippen molar-refractivity contribution in [2.24, 2.45) is 82.3 Å². The Morgan fingerprint density at radius 1 is 0.440 bits per heavy atom. The third-order valence-corrected chi connectivity index (χ3v) is 31.6. The van der Waals surface area contributed by atoms with Crippen molar-refractivity contribution in [1.29, 1.82) is 5.26 Å². The Morgan fingerprint density at radius 3 is 1.18 bits per heavy atom. The van der Waals surface area contributed by atoms with Crippen molar-refractivity contribution >= 4 is 79.3 Å². The number of benzene rings is 5. The number of nitriles is 1. The SMILES string of the molecule is CC1CCC2(CC1)Cc1ccc(-c3cccc(C#N)c3)cc1C21N=C(N)N(C(C)(C)C)C1=O.CC1CCC2(CC1)Cc1ccc(Br)cc1C21N=C(N)N(C(C)(C)C)C1=O.COC1CCC2(CC1)Cc1ccc(Br)cc1C21N=C(N)N(C(C)c2cccnn2)C1=O.COC1CCC2(CC1)Cc1ccc(C#CC3CC3)cc1C21N=C(N)N(C(C)c2cccnn2)C1=O. The van der Waals surface area contributed by atoms with Gasteiger partial charge in [0.15, 0.2) is 46.0 Å². The van der Waals surface area contributed by atoms with Crippen molar-refractivity contribution in [2.45, 2.75) is 268 Å². The molecule has 8 N–H and O–H groups in total. The fraction of sp³-hybridized carbons (Fsp3) is 0.510. The molecule has 0 bridgehead atoms.